The Morgan fingerprint density at radius 2 is 0.857 bits per heavy atom. The number of pyridine rings is 2. The lowest BCUT2D eigenvalue weighted by Crippen LogP contribution is -2.13. The topological polar surface area (TPSA) is 83.1 Å². The van der Waals surface area contributed by atoms with Crippen LogP contribution in [-0.2, 0) is 0 Å². The lowest BCUT2D eigenvalue weighted by molar-refractivity contribution is 0.388. The van der Waals surface area contributed by atoms with Crippen molar-refractivity contribution >= 4 is 67.1 Å². The molecule has 0 atom stereocenters. The smallest absolute Gasteiger partial charge is 0.144 e. The first-order valence-corrected chi connectivity index (χ1v) is 19.7. The first-order valence-electron chi connectivity index (χ1n) is 18.9. The van der Waals surface area contributed by atoms with E-state index in [1.807, 2.05) is 12.1 Å². The molecule has 6 nitrogen and oxygen atoms in total. The van der Waals surface area contributed by atoms with Crippen LogP contribution in [-0.4, -0.2) is 29.9 Å². The summed E-state index contributed by atoms with van der Waals surface area (Å²) in [5.41, 5.74) is 6.74. The van der Waals surface area contributed by atoms with Crippen LogP contribution >= 0.6 is 23.2 Å². The van der Waals surface area contributed by atoms with Gasteiger partial charge in [0.2, 0.25) is 0 Å². The van der Waals surface area contributed by atoms with Crippen molar-refractivity contribution in [1.82, 2.24) is 29.9 Å². The summed E-state index contributed by atoms with van der Waals surface area (Å²) in [7, 11) is 0. The predicted molar refractivity (Wildman–Crippen MR) is 213 cm³/mol. The van der Waals surface area contributed by atoms with E-state index in [4.69, 9.17) is 23.2 Å². The van der Waals surface area contributed by atoms with E-state index in [1.54, 1.807) is 48.8 Å². The zero-order chi connectivity index (χ0) is 38.5. The van der Waals surface area contributed by atoms with Crippen molar-refractivity contribution in [2.24, 2.45) is 0 Å². The molecule has 2 N–H and O–H groups in total. The summed E-state index contributed by atoms with van der Waals surface area (Å²) in [5, 5.41) is 1.98. The van der Waals surface area contributed by atoms with Crippen LogP contribution in [0.4, 0.5) is 17.6 Å². The Labute approximate surface area is 329 Å². The molecular formula is C44H36Cl2F4N6. The highest BCUT2D eigenvalue weighted by Crippen LogP contribution is 2.43. The maximum absolute atomic E-state index is 13.7. The van der Waals surface area contributed by atoms with Crippen molar-refractivity contribution in [1.29, 1.82) is 0 Å². The zero-order valence-electron chi connectivity index (χ0n) is 30.1. The molecule has 4 aromatic carbocycles. The molecule has 0 spiro atoms. The minimum atomic E-state index is -0.440. The molecule has 0 aliphatic heterocycles. The fourth-order valence-electron chi connectivity index (χ4n) is 8.78. The predicted octanol–water partition coefficient (Wildman–Crippen LogP) is 13.0. The largest absolute Gasteiger partial charge is 0.342 e. The highest BCUT2D eigenvalue weighted by molar-refractivity contribution is 6.31. The van der Waals surface area contributed by atoms with Gasteiger partial charge in [0.1, 0.15) is 34.9 Å². The van der Waals surface area contributed by atoms with Crippen LogP contribution in [0.1, 0.15) is 97.8 Å². The average molecular weight is 796 g/mol. The molecule has 12 heteroatoms. The molecule has 284 valence electrons. The molecule has 56 heavy (non-hydrogen) atoms. The summed E-state index contributed by atoms with van der Waals surface area (Å²) in [4.78, 5) is 24.5. The Balaban J connectivity index is 0.000000146. The van der Waals surface area contributed by atoms with E-state index < -0.39 is 11.6 Å². The van der Waals surface area contributed by atoms with Crippen LogP contribution < -0.4 is 0 Å². The van der Waals surface area contributed by atoms with Gasteiger partial charge in [0.05, 0.1) is 43.1 Å². The highest BCUT2D eigenvalue weighted by Gasteiger charge is 2.28. The molecule has 2 aliphatic rings. The maximum Gasteiger partial charge on any atom is 0.144 e. The van der Waals surface area contributed by atoms with Crippen molar-refractivity contribution in [3.63, 3.8) is 0 Å². The third-order valence-corrected chi connectivity index (χ3v) is 12.2. The number of benzene rings is 4. The molecule has 2 saturated carbocycles. The van der Waals surface area contributed by atoms with Crippen LogP contribution in [0.3, 0.4) is 0 Å². The van der Waals surface area contributed by atoms with E-state index in [0.717, 1.165) is 84.8 Å². The minimum Gasteiger partial charge on any atom is -0.342 e. The maximum atomic E-state index is 13.7. The Bertz CT molecular complexity index is 2470. The van der Waals surface area contributed by atoms with Gasteiger partial charge in [0.25, 0.3) is 0 Å². The lowest BCUT2D eigenvalue weighted by atomic mass is 9.77. The third-order valence-electron chi connectivity index (χ3n) is 11.7. The summed E-state index contributed by atoms with van der Waals surface area (Å²) < 4.78 is 54.9. The third kappa shape index (κ3) is 7.21. The summed E-state index contributed by atoms with van der Waals surface area (Å²) in [6.45, 7) is 0. The molecule has 0 bridgehead atoms. The number of aromatic nitrogens is 6. The van der Waals surface area contributed by atoms with Crippen LogP contribution in [0.25, 0.3) is 43.9 Å². The Morgan fingerprint density at radius 1 is 0.464 bits per heavy atom. The molecule has 2 aliphatic carbocycles. The summed E-state index contributed by atoms with van der Waals surface area (Å²) in [6, 6.07) is 19.5. The number of rotatable bonds is 4. The van der Waals surface area contributed by atoms with E-state index in [9.17, 15) is 17.6 Å². The fourth-order valence-corrected chi connectivity index (χ4v) is 9.10. The Morgan fingerprint density at radius 3 is 1.27 bits per heavy atom. The van der Waals surface area contributed by atoms with Crippen molar-refractivity contribution in [3.8, 4) is 0 Å². The Kier molecular flexibility index (Phi) is 9.87. The number of H-pyrrole nitrogens is 2. The lowest BCUT2D eigenvalue weighted by Gasteiger charge is -2.28. The number of imidazole rings is 2. The second kappa shape index (κ2) is 15.1. The van der Waals surface area contributed by atoms with Gasteiger partial charge in [-0.2, -0.15) is 0 Å². The molecule has 0 saturated heterocycles. The molecule has 4 heterocycles. The van der Waals surface area contributed by atoms with Crippen LogP contribution in [0.5, 0.6) is 0 Å². The van der Waals surface area contributed by atoms with Gasteiger partial charge in [-0.05, 0) is 135 Å². The average Bonchev–Trinajstić information content (AvgIpc) is 3.81. The number of nitrogens with one attached hydrogen (secondary N) is 2. The number of hydrogen-bond acceptors (Lipinski definition) is 4. The van der Waals surface area contributed by atoms with Crippen molar-refractivity contribution in [2.45, 2.75) is 75.0 Å². The molecule has 0 amide bonds. The number of hydrogen-bond donors (Lipinski definition) is 2. The standard InChI is InChI=1S/2C22H18ClF2N3/c2*23-17-10-20-21(11-18(17)25)28-22(27-20)13-3-1-12(2-4-13)15-7-8-26-19-6-5-14(24)9-16(15)19/h2*5-13H,1-4H2,(H,27,28). The van der Waals surface area contributed by atoms with E-state index in [1.165, 1.54) is 35.4 Å². The van der Waals surface area contributed by atoms with Crippen molar-refractivity contribution in [2.75, 3.05) is 0 Å². The van der Waals surface area contributed by atoms with Gasteiger partial charge in [-0.3, -0.25) is 9.97 Å². The van der Waals surface area contributed by atoms with Crippen LogP contribution in [0.15, 0.2) is 85.2 Å². The van der Waals surface area contributed by atoms with E-state index in [-0.39, 0.29) is 21.7 Å². The van der Waals surface area contributed by atoms with Crippen molar-refractivity contribution < 1.29 is 17.6 Å². The second-order valence-electron chi connectivity index (χ2n) is 15.0. The first-order chi connectivity index (χ1) is 27.2. The molecular weight excluding hydrogens is 759 g/mol. The number of fused-ring (bicyclic) bond motifs is 4. The fraction of sp³-hybridized carbons (Fsp3) is 0.273. The first kappa shape index (κ1) is 36.6. The number of halogens is 6. The van der Waals surface area contributed by atoms with Gasteiger partial charge in [0, 0.05) is 47.1 Å². The van der Waals surface area contributed by atoms with Gasteiger partial charge in [-0.25, -0.2) is 27.5 Å². The minimum absolute atomic E-state index is 0.0889. The normalized spacial score (nSPS) is 20.1. The molecule has 0 unspecified atom stereocenters. The number of aromatic amines is 2. The van der Waals surface area contributed by atoms with E-state index in [0.29, 0.717) is 45.7 Å². The van der Waals surface area contributed by atoms with E-state index >= 15 is 0 Å². The van der Waals surface area contributed by atoms with Crippen LogP contribution in [0, 0.1) is 23.3 Å². The van der Waals surface area contributed by atoms with Gasteiger partial charge >= 0.3 is 0 Å². The SMILES string of the molecule is Fc1ccc2nccc(C3CCC(c4nc5cc(Cl)c(F)cc5[nH]4)CC3)c2c1.Fc1ccc2nccc(C3CCC(c4nc5cc(Cl)c(F)cc5[nH]4)CC3)c2c1. The zero-order valence-corrected chi connectivity index (χ0v) is 31.6. The second-order valence-corrected chi connectivity index (χ2v) is 15.8. The summed E-state index contributed by atoms with van der Waals surface area (Å²) in [6.07, 6.45) is 11.5. The molecule has 10 rings (SSSR count). The molecule has 8 aromatic rings. The quantitative estimate of drug-likeness (QED) is 0.174. The highest BCUT2D eigenvalue weighted by atomic mass is 35.5. The monoisotopic (exact) mass is 794 g/mol. The van der Waals surface area contributed by atoms with Crippen LogP contribution in [0.2, 0.25) is 10.0 Å². The molecule has 0 radical (unpaired) electrons. The number of nitrogens with zero attached hydrogens (tertiary/aromatic N) is 4. The van der Waals surface area contributed by atoms with Gasteiger partial charge < -0.3 is 9.97 Å². The van der Waals surface area contributed by atoms with Gasteiger partial charge in [0.15, 0.2) is 0 Å². The van der Waals surface area contributed by atoms with Gasteiger partial charge in [-0.1, -0.05) is 23.2 Å². The summed E-state index contributed by atoms with van der Waals surface area (Å²) in [5.74, 6) is 1.79. The summed E-state index contributed by atoms with van der Waals surface area (Å²) >= 11 is 11.7. The Hall–Kier alpha value is -5.06. The van der Waals surface area contributed by atoms with Gasteiger partial charge in [-0.15, -0.1) is 0 Å². The van der Waals surface area contributed by atoms with E-state index in [2.05, 4.69) is 29.9 Å². The van der Waals surface area contributed by atoms with Crippen molar-refractivity contribution in [3.05, 3.63) is 141 Å². The molecule has 4 aromatic heterocycles. The molecule has 2 fully saturated rings.